The Labute approximate surface area is 178 Å². The van der Waals surface area contributed by atoms with E-state index in [1.165, 1.54) is 39.2 Å². The minimum Gasteiger partial charge on any atom is -0.496 e. The van der Waals surface area contributed by atoms with Crippen LogP contribution in [0.15, 0.2) is 48.5 Å². The predicted molar refractivity (Wildman–Crippen MR) is 110 cm³/mol. The number of ether oxygens (including phenoxy) is 4. The highest BCUT2D eigenvalue weighted by Crippen LogP contribution is 2.32. The van der Waals surface area contributed by atoms with Gasteiger partial charge in [0.15, 0.2) is 5.69 Å². The number of rotatable bonds is 6. The van der Waals surface area contributed by atoms with E-state index in [0.717, 1.165) is 0 Å². The van der Waals surface area contributed by atoms with Crippen LogP contribution in [0.2, 0.25) is 0 Å². The van der Waals surface area contributed by atoms with Crippen molar-refractivity contribution in [2.75, 3.05) is 28.4 Å². The van der Waals surface area contributed by atoms with E-state index >= 15 is 0 Å². The molecule has 0 saturated heterocycles. The van der Waals surface area contributed by atoms with Crippen LogP contribution in [0.5, 0.6) is 5.75 Å². The van der Waals surface area contributed by atoms with Crippen molar-refractivity contribution >= 4 is 17.9 Å². The SMILES string of the molecule is COC(=O)c1cc(-c2nn(-c3ccccc3)c(C(=O)OC)c2C(=O)OC)ccc1OC. The summed E-state index contributed by atoms with van der Waals surface area (Å²) in [5.41, 5.74) is 0.962. The first-order valence-electron chi connectivity index (χ1n) is 9.08. The third kappa shape index (κ3) is 3.97. The molecule has 0 unspecified atom stereocenters. The predicted octanol–water partition coefficient (Wildman–Crippen LogP) is 2.91. The second-order valence-corrected chi connectivity index (χ2v) is 6.21. The van der Waals surface area contributed by atoms with E-state index in [4.69, 9.17) is 18.9 Å². The Bertz CT molecular complexity index is 1140. The number of carbonyl (C=O) groups is 3. The van der Waals surface area contributed by atoms with Gasteiger partial charge < -0.3 is 18.9 Å². The molecule has 0 N–H and O–H groups in total. The molecule has 0 saturated carbocycles. The number of esters is 3. The van der Waals surface area contributed by atoms with Crippen LogP contribution in [0.4, 0.5) is 0 Å². The quantitative estimate of drug-likeness (QED) is 0.439. The Morgan fingerprint density at radius 1 is 0.806 bits per heavy atom. The summed E-state index contributed by atoms with van der Waals surface area (Å²) in [4.78, 5) is 37.5. The molecular weight excluding hydrogens is 404 g/mol. The molecule has 0 aliphatic rings. The van der Waals surface area contributed by atoms with Gasteiger partial charge in [0, 0.05) is 5.56 Å². The molecule has 3 rings (SSSR count). The number of hydrogen-bond acceptors (Lipinski definition) is 8. The molecule has 160 valence electrons. The van der Waals surface area contributed by atoms with Gasteiger partial charge in [-0.25, -0.2) is 19.1 Å². The highest BCUT2D eigenvalue weighted by atomic mass is 16.5. The van der Waals surface area contributed by atoms with Gasteiger partial charge in [-0.2, -0.15) is 5.10 Å². The van der Waals surface area contributed by atoms with Crippen LogP contribution in [0, 0.1) is 0 Å². The van der Waals surface area contributed by atoms with Crippen molar-refractivity contribution in [3.8, 4) is 22.7 Å². The molecule has 0 radical (unpaired) electrons. The first-order valence-corrected chi connectivity index (χ1v) is 9.08. The first-order chi connectivity index (χ1) is 15.0. The van der Waals surface area contributed by atoms with Crippen LogP contribution in [-0.2, 0) is 14.2 Å². The fraction of sp³-hybridized carbons (Fsp3) is 0.182. The molecule has 3 aromatic rings. The van der Waals surface area contributed by atoms with E-state index in [-0.39, 0.29) is 28.3 Å². The molecule has 1 heterocycles. The summed E-state index contributed by atoms with van der Waals surface area (Å²) in [5.74, 6) is -1.90. The van der Waals surface area contributed by atoms with Crippen LogP contribution >= 0.6 is 0 Å². The average molecular weight is 424 g/mol. The second-order valence-electron chi connectivity index (χ2n) is 6.21. The second kappa shape index (κ2) is 9.12. The topological polar surface area (TPSA) is 106 Å². The number of nitrogens with zero attached hydrogens (tertiary/aromatic N) is 2. The van der Waals surface area contributed by atoms with Crippen molar-refractivity contribution in [3.05, 3.63) is 65.4 Å². The van der Waals surface area contributed by atoms with E-state index in [1.54, 1.807) is 42.5 Å². The normalized spacial score (nSPS) is 10.3. The first kappa shape index (κ1) is 21.6. The largest absolute Gasteiger partial charge is 0.496 e. The molecule has 2 aromatic carbocycles. The summed E-state index contributed by atoms with van der Waals surface area (Å²) in [6, 6.07) is 13.4. The van der Waals surface area contributed by atoms with Gasteiger partial charge in [0.05, 0.1) is 34.1 Å². The minimum absolute atomic E-state index is 0.0980. The Hall–Kier alpha value is -4.14. The maximum absolute atomic E-state index is 12.7. The lowest BCUT2D eigenvalue weighted by molar-refractivity contribution is 0.0549. The van der Waals surface area contributed by atoms with Crippen molar-refractivity contribution in [2.45, 2.75) is 0 Å². The number of benzene rings is 2. The summed E-state index contributed by atoms with van der Waals surface area (Å²) in [5, 5.41) is 4.49. The minimum atomic E-state index is -0.784. The fourth-order valence-electron chi connectivity index (χ4n) is 3.08. The lowest BCUT2D eigenvalue weighted by Gasteiger charge is -2.09. The lowest BCUT2D eigenvalue weighted by atomic mass is 10.0. The van der Waals surface area contributed by atoms with Crippen LogP contribution in [0.1, 0.15) is 31.2 Å². The number of aromatic nitrogens is 2. The molecule has 0 amide bonds. The lowest BCUT2D eigenvalue weighted by Crippen LogP contribution is -2.15. The number of carbonyl (C=O) groups excluding carboxylic acids is 3. The van der Waals surface area contributed by atoms with Gasteiger partial charge in [0.1, 0.15) is 22.6 Å². The molecule has 9 nitrogen and oxygen atoms in total. The van der Waals surface area contributed by atoms with E-state index in [0.29, 0.717) is 11.3 Å². The van der Waals surface area contributed by atoms with Gasteiger partial charge >= 0.3 is 17.9 Å². The van der Waals surface area contributed by atoms with Gasteiger partial charge in [-0.3, -0.25) is 0 Å². The maximum Gasteiger partial charge on any atom is 0.357 e. The highest BCUT2D eigenvalue weighted by molar-refractivity contribution is 6.07. The molecule has 0 spiro atoms. The average Bonchev–Trinajstić information content (AvgIpc) is 3.23. The zero-order valence-corrected chi connectivity index (χ0v) is 17.4. The molecule has 1 aromatic heterocycles. The van der Waals surface area contributed by atoms with Crippen LogP contribution in [0.25, 0.3) is 16.9 Å². The van der Waals surface area contributed by atoms with E-state index < -0.39 is 17.9 Å². The highest BCUT2D eigenvalue weighted by Gasteiger charge is 2.31. The molecule has 0 aliphatic heterocycles. The molecule has 0 fully saturated rings. The van der Waals surface area contributed by atoms with Gasteiger partial charge in [0.2, 0.25) is 0 Å². The third-order valence-electron chi connectivity index (χ3n) is 4.53. The maximum atomic E-state index is 12.7. The molecule has 0 bridgehead atoms. The van der Waals surface area contributed by atoms with Crippen molar-refractivity contribution in [1.82, 2.24) is 9.78 Å². The van der Waals surface area contributed by atoms with E-state index in [2.05, 4.69) is 5.10 Å². The van der Waals surface area contributed by atoms with Gasteiger partial charge in [0.25, 0.3) is 0 Å². The van der Waals surface area contributed by atoms with Crippen LogP contribution in [0.3, 0.4) is 0 Å². The monoisotopic (exact) mass is 424 g/mol. The zero-order valence-electron chi connectivity index (χ0n) is 17.4. The van der Waals surface area contributed by atoms with E-state index in [1.807, 2.05) is 0 Å². The summed E-state index contributed by atoms with van der Waals surface area (Å²) < 4.78 is 21.1. The molecule has 0 aliphatic carbocycles. The summed E-state index contributed by atoms with van der Waals surface area (Å²) in [6.07, 6.45) is 0. The standard InChI is InChI=1S/C22H20N2O7/c1-28-16-11-10-13(12-15(16)20(25)29-2)18-17(21(26)30-3)19(22(27)31-4)24(23-18)14-8-6-5-7-9-14/h5-12H,1-4H3. The Kier molecular flexibility index (Phi) is 6.35. The van der Waals surface area contributed by atoms with Gasteiger partial charge in [-0.15, -0.1) is 0 Å². The van der Waals surface area contributed by atoms with Crippen LogP contribution in [-0.4, -0.2) is 56.1 Å². The van der Waals surface area contributed by atoms with Gasteiger partial charge in [-0.05, 0) is 30.3 Å². The molecular formula is C22H20N2O7. The summed E-state index contributed by atoms with van der Waals surface area (Å²) >= 11 is 0. The summed E-state index contributed by atoms with van der Waals surface area (Å²) in [6.45, 7) is 0. The Morgan fingerprint density at radius 3 is 2.03 bits per heavy atom. The number of hydrogen-bond donors (Lipinski definition) is 0. The molecule has 31 heavy (non-hydrogen) atoms. The fourth-order valence-corrected chi connectivity index (χ4v) is 3.08. The molecule has 0 atom stereocenters. The van der Waals surface area contributed by atoms with Crippen molar-refractivity contribution in [3.63, 3.8) is 0 Å². The summed E-state index contributed by atoms with van der Waals surface area (Å²) in [7, 11) is 5.06. The number of para-hydroxylation sites is 1. The smallest absolute Gasteiger partial charge is 0.357 e. The third-order valence-corrected chi connectivity index (χ3v) is 4.53. The van der Waals surface area contributed by atoms with Crippen LogP contribution < -0.4 is 4.74 Å². The van der Waals surface area contributed by atoms with Gasteiger partial charge in [-0.1, -0.05) is 18.2 Å². The van der Waals surface area contributed by atoms with Crippen molar-refractivity contribution in [2.24, 2.45) is 0 Å². The van der Waals surface area contributed by atoms with Crippen molar-refractivity contribution in [1.29, 1.82) is 0 Å². The number of methoxy groups -OCH3 is 4. The Balaban J connectivity index is 2.35. The molecule has 9 heteroatoms. The van der Waals surface area contributed by atoms with E-state index in [9.17, 15) is 14.4 Å². The van der Waals surface area contributed by atoms with Crippen molar-refractivity contribution < 1.29 is 33.3 Å². The Morgan fingerprint density at radius 2 is 1.45 bits per heavy atom. The zero-order chi connectivity index (χ0) is 22.5.